The highest BCUT2D eigenvalue weighted by atomic mass is 79.9. The van der Waals surface area contributed by atoms with E-state index in [-0.39, 0.29) is 6.23 Å². The number of ether oxygens (including phenoxy) is 1. The molecule has 5 heteroatoms. The fraction of sp³-hybridized carbons (Fsp3) is 1.00. The molecule has 0 aromatic heterocycles. The first kappa shape index (κ1) is 9.92. The lowest BCUT2D eigenvalue weighted by molar-refractivity contribution is -0.129. The van der Waals surface area contributed by atoms with E-state index in [0.717, 1.165) is 11.5 Å². The van der Waals surface area contributed by atoms with Crippen LogP contribution in [0, 0.1) is 5.21 Å². The van der Waals surface area contributed by atoms with Gasteiger partial charge < -0.3 is 15.0 Å². The Morgan fingerprint density at radius 2 is 2.45 bits per heavy atom. The van der Waals surface area contributed by atoms with Gasteiger partial charge in [0.05, 0.1) is 0 Å². The van der Waals surface area contributed by atoms with Crippen LogP contribution in [0.25, 0.3) is 0 Å². The van der Waals surface area contributed by atoms with Crippen molar-refractivity contribution >= 4 is 31.9 Å². The van der Waals surface area contributed by atoms with Gasteiger partial charge in [0.2, 0.25) is 0 Å². The van der Waals surface area contributed by atoms with E-state index in [9.17, 15) is 5.21 Å². The van der Waals surface area contributed by atoms with Crippen molar-refractivity contribution in [3.63, 3.8) is 0 Å². The monoisotopic (exact) mass is 286 g/mol. The normalized spacial score (nSPS) is 31.1. The SMILES string of the molecule is CC(Br)(CBr)OC1CCN1[O-]. The van der Waals surface area contributed by atoms with Gasteiger partial charge in [0, 0.05) is 5.33 Å². The molecule has 0 aromatic carbocycles. The highest BCUT2D eigenvalue weighted by Crippen LogP contribution is 2.28. The number of alkyl halides is 2. The average molecular weight is 288 g/mol. The summed E-state index contributed by atoms with van der Waals surface area (Å²) in [6.45, 7) is 2.48. The molecule has 0 spiro atoms. The van der Waals surface area contributed by atoms with Crippen molar-refractivity contribution < 1.29 is 4.74 Å². The van der Waals surface area contributed by atoms with Gasteiger partial charge in [-0.1, -0.05) is 31.9 Å². The van der Waals surface area contributed by atoms with Crippen LogP contribution in [0.2, 0.25) is 0 Å². The summed E-state index contributed by atoms with van der Waals surface area (Å²) >= 11 is 6.63. The molecule has 0 amide bonds. The zero-order valence-electron chi connectivity index (χ0n) is 6.22. The first-order valence-corrected chi connectivity index (χ1v) is 5.33. The lowest BCUT2D eigenvalue weighted by atomic mass is 10.2. The maximum absolute atomic E-state index is 10.8. The molecular formula is C6H10Br2NO2-. The van der Waals surface area contributed by atoms with Crippen LogP contribution < -0.4 is 0 Å². The third-order valence-electron chi connectivity index (χ3n) is 1.54. The molecule has 1 fully saturated rings. The third-order valence-corrected chi connectivity index (χ3v) is 3.83. The van der Waals surface area contributed by atoms with Crippen LogP contribution in [0.3, 0.4) is 0 Å². The quantitative estimate of drug-likeness (QED) is 0.745. The standard InChI is InChI=1S/C6H10Br2NO2/c1-6(8,4-7)11-5-2-3-9(5)10/h5H,2-4H2,1H3/q-1. The molecule has 1 heterocycles. The molecule has 1 aliphatic rings. The molecule has 1 saturated heterocycles. The molecule has 0 aromatic rings. The van der Waals surface area contributed by atoms with Gasteiger partial charge in [0.1, 0.15) is 10.7 Å². The highest BCUT2D eigenvalue weighted by molar-refractivity contribution is 9.12. The second-order valence-corrected chi connectivity index (χ2v) is 4.98. The van der Waals surface area contributed by atoms with Crippen LogP contribution in [0.1, 0.15) is 13.3 Å². The van der Waals surface area contributed by atoms with Crippen molar-refractivity contribution in [2.45, 2.75) is 24.1 Å². The number of halogens is 2. The van der Waals surface area contributed by atoms with Crippen LogP contribution >= 0.6 is 31.9 Å². The predicted octanol–water partition coefficient (Wildman–Crippen LogP) is 2.04. The van der Waals surface area contributed by atoms with Gasteiger partial charge in [0.25, 0.3) is 0 Å². The van der Waals surface area contributed by atoms with Crippen LogP contribution in [0.15, 0.2) is 0 Å². The Hall–Kier alpha value is 0.840. The molecule has 0 radical (unpaired) electrons. The minimum atomic E-state index is -0.416. The summed E-state index contributed by atoms with van der Waals surface area (Å²) in [7, 11) is 0. The van der Waals surface area contributed by atoms with E-state index < -0.39 is 4.51 Å². The van der Waals surface area contributed by atoms with Crippen LogP contribution in [0.4, 0.5) is 0 Å². The van der Waals surface area contributed by atoms with Crippen LogP contribution in [0.5, 0.6) is 0 Å². The third kappa shape index (κ3) is 2.66. The van der Waals surface area contributed by atoms with E-state index in [4.69, 9.17) is 4.74 Å². The first-order valence-electron chi connectivity index (χ1n) is 3.41. The van der Waals surface area contributed by atoms with E-state index >= 15 is 0 Å². The van der Waals surface area contributed by atoms with Crippen molar-refractivity contribution in [1.82, 2.24) is 5.06 Å². The molecule has 1 rings (SSSR count). The fourth-order valence-electron chi connectivity index (χ4n) is 0.773. The first-order chi connectivity index (χ1) is 5.05. The summed E-state index contributed by atoms with van der Waals surface area (Å²) in [6, 6.07) is 0. The summed E-state index contributed by atoms with van der Waals surface area (Å²) in [6.07, 6.45) is 0.578. The number of rotatable bonds is 3. The molecule has 0 saturated carbocycles. The smallest absolute Gasteiger partial charge is 0.131 e. The summed E-state index contributed by atoms with van der Waals surface area (Å²) in [5, 5.41) is 12.4. The molecule has 2 atom stereocenters. The van der Waals surface area contributed by atoms with Crippen molar-refractivity contribution in [2.75, 3.05) is 11.9 Å². The summed E-state index contributed by atoms with van der Waals surface area (Å²) < 4.78 is 5.00. The van der Waals surface area contributed by atoms with Crippen molar-refractivity contribution in [3.05, 3.63) is 5.21 Å². The van der Waals surface area contributed by atoms with E-state index in [1.165, 1.54) is 0 Å². The molecule has 0 aliphatic carbocycles. The van der Waals surface area contributed by atoms with Crippen LogP contribution in [-0.2, 0) is 4.74 Å². The van der Waals surface area contributed by atoms with E-state index in [1.54, 1.807) is 0 Å². The van der Waals surface area contributed by atoms with Gasteiger partial charge in [-0.2, -0.15) is 0 Å². The van der Waals surface area contributed by atoms with Gasteiger partial charge >= 0.3 is 0 Å². The zero-order valence-corrected chi connectivity index (χ0v) is 9.39. The Balaban J connectivity index is 2.29. The van der Waals surface area contributed by atoms with Crippen LogP contribution in [-0.4, -0.2) is 27.7 Å². The molecule has 0 bridgehead atoms. The predicted molar refractivity (Wildman–Crippen MR) is 50.7 cm³/mol. The summed E-state index contributed by atoms with van der Waals surface area (Å²) in [5.41, 5.74) is 0. The summed E-state index contributed by atoms with van der Waals surface area (Å²) in [4.78, 5) is 0. The Morgan fingerprint density at radius 3 is 2.73 bits per heavy atom. The van der Waals surface area contributed by atoms with Gasteiger partial charge in [0.15, 0.2) is 0 Å². The maximum atomic E-state index is 10.8. The zero-order chi connectivity index (χ0) is 8.48. The van der Waals surface area contributed by atoms with Gasteiger partial charge in [-0.3, -0.25) is 0 Å². The Kier molecular flexibility index (Phi) is 3.34. The maximum Gasteiger partial charge on any atom is 0.131 e. The largest absolute Gasteiger partial charge is 0.783 e. The Bertz CT molecular complexity index is 143. The molecule has 11 heavy (non-hydrogen) atoms. The van der Waals surface area contributed by atoms with Crippen molar-refractivity contribution in [2.24, 2.45) is 0 Å². The Labute approximate surface area is 82.9 Å². The topological polar surface area (TPSA) is 35.5 Å². The van der Waals surface area contributed by atoms with E-state index in [2.05, 4.69) is 31.9 Å². The lowest BCUT2D eigenvalue weighted by Gasteiger charge is -2.48. The van der Waals surface area contributed by atoms with Gasteiger partial charge in [-0.25, -0.2) is 0 Å². The number of nitrogens with zero attached hydrogens (tertiary/aromatic N) is 1. The average Bonchev–Trinajstić information content (AvgIpc) is 1.98. The minimum Gasteiger partial charge on any atom is -0.783 e. The van der Waals surface area contributed by atoms with E-state index in [0.29, 0.717) is 11.9 Å². The molecule has 3 nitrogen and oxygen atoms in total. The molecule has 66 valence electrons. The number of hydrogen-bond donors (Lipinski definition) is 0. The second kappa shape index (κ2) is 3.70. The van der Waals surface area contributed by atoms with Gasteiger partial charge in [-0.05, 0) is 19.9 Å². The molecule has 2 unspecified atom stereocenters. The minimum absolute atomic E-state index is 0.253. The van der Waals surface area contributed by atoms with Crippen molar-refractivity contribution in [1.29, 1.82) is 0 Å². The summed E-state index contributed by atoms with van der Waals surface area (Å²) in [5.74, 6) is 0. The molecule has 1 aliphatic heterocycles. The lowest BCUT2D eigenvalue weighted by Crippen LogP contribution is -2.48. The number of hydroxylamine groups is 2. The highest BCUT2D eigenvalue weighted by Gasteiger charge is 2.29. The fourth-order valence-corrected chi connectivity index (χ4v) is 1.12. The van der Waals surface area contributed by atoms with Crippen molar-refractivity contribution in [3.8, 4) is 0 Å². The second-order valence-electron chi connectivity index (χ2n) is 2.74. The molecule has 0 N–H and O–H groups in total. The van der Waals surface area contributed by atoms with E-state index in [1.807, 2.05) is 6.92 Å². The Morgan fingerprint density at radius 1 is 1.82 bits per heavy atom. The molecular weight excluding hydrogens is 278 g/mol. The van der Waals surface area contributed by atoms with Gasteiger partial charge in [-0.15, -0.1) is 0 Å². The number of hydrogen-bond acceptors (Lipinski definition) is 3.